The summed E-state index contributed by atoms with van der Waals surface area (Å²) in [6.07, 6.45) is 0.841. The SMILES string of the molecule is CC1(C)CN(C2CCOC2=O)CCN1Cc1ccccc1. The van der Waals surface area contributed by atoms with E-state index in [-0.39, 0.29) is 17.6 Å². The van der Waals surface area contributed by atoms with Gasteiger partial charge in [0.1, 0.15) is 6.04 Å². The Balaban J connectivity index is 1.66. The number of benzene rings is 1. The van der Waals surface area contributed by atoms with Gasteiger partial charge in [0.15, 0.2) is 0 Å². The summed E-state index contributed by atoms with van der Waals surface area (Å²) in [6, 6.07) is 10.6. The van der Waals surface area contributed by atoms with Crippen molar-refractivity contribution in [3.63, 3.8) is 0 Å². The molecule has 3 rings (SSSR count). The number of ether oxygens (including phenoxy) is 1. The summed E-state index contributed by atoms with van der Waals surface area (Å²) in [7, 11) is 0. The second-order valence-corrected chi connectivity index (χ2v) is 6.66. The van der Waals surface area contributed by atoms with Gasteiger partial charge in [-0.05, 0) is 19.4 Å². The summed E-state index contributed by atoms with van der Waals surface area (Å²) in [5, 5.41) is 0. The van der Waals surface area contributed by atoms with Gasteiger partial charge in [0.25, 0.3) is 0 Å². The number of hydrogen-bond acceptors (Lipinski definition) is 4. The maximum Gasteiger partial charge on any atom is 0.323 e. The molecule has 0 amide bonds. The van der Waals surface area contributed by atoms with Gasteiger partial charge in [0, 0.05) is 38.1 Å². The van der Waals surface area contributed by atoms with Crippen molar-refractivity contribution in [2.45, 2.75) is 38.4 Å². The molecule has 2 heterocycles. The maximum absolute atomic E-state index is 11.8. The second kappa shape index (κ2) is 5.78. The molecule has 0 spiro atoms. The Bertz CT molecular complexity index is 501. The zero-order valence-electron chi connectivity index (χ0n) is 12.9. The van der Waals surface area contributed by atoms with Gasteiger partial charge in [-0.25, -0.2) is 0 Å². The zero-order chi connectivity index (χ0) is 14.9. The van der Waals surface area contributed by atoms with E-state index in [1.54, 1.807) is 0 Å². The van der Waals surface area contributed by atoms with Crippen LogP contribution in [0.25, 0.3) is 0 Å². The minimum Gasteiger partial charge on any atom is -0.464 e. The van der Waals surface area contributed by atoms with E-state index in [2.05, 4.69) is 54.0 Å². The average Bonchev–Trinajstić information content (AvgIpc) is 2.88. The summed E-state index contributed by atoms with van der Waals surface area (Å²) >= 11 is 0. The third-order valence-corrected chi connectivity index (χ3v) is 4.67. The largest absolute Gasteiger partial charge is 0.464 e. The number of carbonyl (C=O) groups excluding carboxylic acids is 1. The van der Waals surface area contributed by atoms with Crippen molar-refractivity contribution in [3.8, 4) is 0 Å². The predicted octanol–water partition coefficient (Wildman–Crippen LogP) is 1.90. The first-order valence-corrected chi connectivity index (χ1v) is 7.76. The first-order valence-electron chi connectivity index (χ1n) is 7.76. The van der Waals surface area contributed by atoms with E-state index in [1.807, 2.05) is 0 Å². The Labute approximate surface area is 126 Å². The van der Waals surface area contributed by atoms with Gasteiger partial charge in [0.05, 0.1) is 6.61 Å². The van der Waals surface area contributed by atoms with E-state index in [0.717, 1.165) is 32.6 Å². The minimum absolute atomic E-state index is 0.0249. The molecular weight excluding hydrogens is 264 g/mol. The molecule has 2 fully saturated rings. The van der Waals surface area contributed by atoms with Crippen LogP contribution in [-0.4, -0.2) is 53.6 Å². The first kappa shape index (κ1) is 14.5. The number of rotatable bonds is 3. The van der Waals surface area contributed by atoms with Gasteiger partial charge in [0.2, 0.25) is 0 Å². The van der Waals surface area contributed by atoms with Crippen LogP contribution in [0.5, 0.6) is 0 Å². The van der Waals surface area contributed by atoms with E-state index in [9.17, 15) is 4.79 Å². The predicted molar refractivity (Wildman–Crippen MR) is 81.9 cm³/mol. The molecule has 0 radical (unpaired) electrons. The monoisotopic (exact) mass is 288 g/mol. The molecule has 0 aliphatic carbocycles. The third-order valence-electron chi connectivity index (χ3n) is 4.67. The molecule has 1 atom stereocenters. The molecule has 1 aromatic rings. The maximum atomic E-state index is 11.8. The van der Waals surface area contributed by atoms with E-state index in [1.165, 1.54) is 5.56 Å². The van der Waals surface area contributed by atoms with Gasteiger partial charge in [-0.2, -0.15) is 0 Å². The molecule has 0 saturated carbocycles. The van der Waals surface area contributed by atoms with Gasteiger partial charge in [-0.15, -0.1) is 0 Å². The minimum atomic E-state index is -0.0395. The number of cyclic esters (lactones) is 1. The average molecular weight is 288 g/mol. The highest BCUT2D eigenvalue weighted by molar-refractivity contribution is 5.77. The van der Waals surface area contributed by atoms with Gasteiger partial charge in [-0.3, -0.25) is 14.6 Å². The molecule has 4 heteroatoms. The molecule has 21 heavy (non-hydrogen) atoms. The van der Waals surface area contributed by atoms with E-state index in [4.69, 9.17) is 4.74 Å². The Morgan fingerprint density at radius 3 is 2.62 bits per heavy atom. The van der Waals surface area contributed by atoms with Crippen molar-refractivity contribution < 1.29 is 9.53 Å². The topological polar surface area (TPSA) is 32.8 Å². The fraction of sp³-hybridized carbons (Fsp3) is 0.588. The molecule has 0 bridgehead atoms. The Morgan fingerprint density at radius 1 is 1.24 bits per heavy atom. The quantitative estimate of drug-likeness (QED) is 0.795. The van der Waals surface area contributed by atoms with Crippen LogP contribution in [0.1, 0.15) is 25.8 Å². The molecule has 0 N–H and O–H groups in total. The van der Waals surface area contributed by atoms with Crippen LogP contribution in [-0.2, 0) is 16.1 Å². The van der Waals surface area contributed by atoms with E-state index < -0.39 is 0 Å². The van der Waals surface area contributed by atoms with Crippen LogP contribution >= 0.6 is 0 Å². The second-order valence-electron chi connectivity index (χ2n) is 6.66. The lowest BCUT2D eigenvalue weighted by Crippen LogP contribution is -2.61. The van der Waals surface area contributed by atoms with Crippen molar-refractivity contribution in [2.24, 2.45) is 0 Å². The first-order chi connectivity index (χ1) is 10.1. The highest BCUT2D eigenvalue weighted by atomic mass is 16.5. The fourth-order valence-electron chi connectivity index (χ4n) is 3.41. The van der Waals surface area contributed by atoms with Crippen LogP contribution in [0.4, 0.5) is 0 Å². The van der Waals surface area contributed by atoms with Crippen LogP contribution in [0.3, 0.4) is 0 Å². The Hall–Kier alpha value is -1.39. The smallest absolute Gasteiger partial charge is 0.323 e. The normalized spacial score (nSPS) is 26.8. The molecule has 1 aromatic carbocycles. The lowest BCUT2D eigenvalue weighted by atomic mass is 9.96. The van der Waals surface area contributed by atoms with Crippen molar-refractivity contribution in [1.29, 1.82) is 0 Å². The molecule has 2 aliphatic heterocycles. The van der Waals surface area contributed by atoms with E-state index in [0.29, 0.717) is 6.61 Å². The highest BCUT2D eigenvalue weighted by Gasteiger charge is 2.40. The fourth-order valence-corrected chi connectivity index (χ4v) is 3.41. The van der Waals surface area contributed by atoms with Crippen molar-refractivity contribution >= 4 is 5.97 Å². The van der Waals surface area contributed by atoms with Gasteiger partial charge >= 0.3 is 5.97 Å². The number of esters is 1. The summed E-state index contributed by atoms with van der Waals surface area (Å²) in [5.41, 5.74) is 1.41. The molecular formula is C17H24N2O2. The summed E-state index contributed by atoms with van der Waals surface area (Å²) in [4.78, 5) is 16.6. The van der Waals surface area contributed by atoms with Gasteiger partial charge < -0.3 is 4.74 Å². The van der Waals surface area contributed by atoms with Crippen LogP contribution in [0.15, 0.2) is 30.3 Å². The number of piperazine rings is 1. The van der Waals surface area contributed by atoms with Crippen molar-refractivity contribution in [2.75, 3.05) is 26.2 Å². The molecule has 4 nitrogen and oxygen atoms in total. The standard InChI is InChI=1S/C17H24N2O2/c1-17(2)13-18(15-8-11-21-16(15)20)9-10-19(17)12-14-6-4-3-5-7-14/h3-7,15H,8-13H2,1-2H3. The van der Waals surface area contributed by atoms with Crippen molar-refractivity contribution in [1.82, 2.24) is 9.80 Å². The van der Waals surface area contributed by atoms with Gasteiger partial charge in [-0.1, -0.05) is 30.3 Å². The van der Waals surface area contributed by atoms with E-state index >= 15 is 0 Å². The lowest BCUT2D eigenvalue weighted by Gasteiger charge is -2.48. The molecule has 1 unspecified atom stereocenters. The summed E-state index contributed by atoms with van der Waals surface area (Å²) < 4.78 is 5.12. The molecule has 0 aromatic heterocycles. The molecule has 2 saturated heterocycles. The summed E-state index contributed by atoms with van der Waals surface area (Å²) in [5.74, 6) is -0.0395. The molecule has 2 aliphatic rings. The number of carbonyl (C=O) groups is 1. The van der Waals surface area contributed by atoms with Crippen LogP contribution in [0.2, 0.25) is 0 Å². The van der Waals surface area contributed by atoms with Crippen LogP contribution < -0.4 is 0 Å². The lowest BCUT2D eigenvalue weighted by molar-refractivity contribution is -0.143. The highest BCUT2D eigenvalue weighted by Crippen LogP contribution is 2.26. The Morgan fingerprint density at radius 2 is 2.00 bits per heavy atom. The van der Waals surface area contributed by atoms with Crippen LogP contribution in [0, 0.1) is 0 Å². The summed E-state index contributed by atoms with van der Waals surface area (Å²) in [6.45, 7) is 8.93. The van der Waals surface area contributed by atoms with Crippen molar-refractivity contribution in [3.05, 3.63) is 35.9 Å². The number of nitrogens with zero attached hydrogens (tertiary/aromatic N) is 2. The Kier molecular flexibility index (Phi) is 4.00. The molecule has 114 valence electrons. The number of hydrogen-bond donors (Lipinski definition) is 0. The zero-order valence-corrected chi connectivity index (χ0v) is 12.9. The third kappa shape index (κ3) is 3.11.